The molecule has 0 saturated carbocycles. The molecular formula is C16H31N3O. The van der Waals surface area contributed by atoms with Crippen molar-refractivity contribution in [1.29, 1.82) is 0 Å². The second kappa shape index (κ2) is 7.41. The first kappa shape index (κ1) is 15.8. The predicted octanol–water partition coefficient (Wildman–Crippen LogP) is 1.69. The third-order valence-electron chi connectivity index (χ3n) is 5.18. The largest absolute Gasteiger partial charge is 0.341 e. The SMILES string of the molecule is CC[C@H](C)[C@H](N)C(=O)N1CCC(CN2CCCC2)CC1. The quantitative estimate of drug-likeness (QED) is 0.834. The van der Waals surface area contributed by atoms with Crippen LogP contribution in [-0.4, -0.2) is 54.5 Å². The highest BCUT2D eigenvalue weighted by Crippen LogP contribution is 2.21. The Morgan fingerprint density at radius 2 is 1.80 bits per heavy atom. The predicted molar refractivity (Wildman–Crippen MR) is 82.4 cm³/mol. The minimum absolute atomic E-state index is 0.166. The normalized spacial score (nSPS) is 24.9. The van der Waals surface area contributed by atoms with Crippen LogP contribution in [0.5, 0.6) is 0 Å². The molecule has 0 aliphatic carbocycles. The van der Waals surface area contributed by atoms with Crippen LogP contribution in [0.2, 0.25) is 0 Å². The fourth-order valence-corrected chi connectivity index (χ4v) is 3.37. The number of piperidine rings is 1. The first-order valence-corrected chi connectivity index (χ1v) is 8.38. The van der Waals surface area contributed by atoms with Gasteiger partial charge in [0, 0.05) is 19.6 Å². The van der Waals surface area contributed by atoms with Gasteiger partial charge in [-0.1, -0.05) is 20.3 Å². The maximum atomic E-state index is 12.3. The summed E-state index contributed by atoms with van der Waals surface area (Å²) in [6.07, 6.45) is 5.99. The molecule has 2 saturated heterocycles. The number of hydrogen-bond donors (Lipinski definition) is 1. The summed E-state index contributed by atoms with van der Waals surface area (Å²) in [5.41, 5.74) is 6.07. The van der Waals surface area contributed by atoms with E-state index in [1.54, 1.807) is 0 Å². The highest BCUT2D eigenvalue weighted by molar-refractivity contribution is 5.82. The zero-order valence-electron chi connectivity index (χ0n) is 13.2. The van der Waals surface area contributed by atoms with Crippen molar-refractivity contribution in [3.8, 4) is 0 Å². The Labute approximate surface area is 123 Å². The van der Waals surface area contributed by atoms with Crippen molar-refractivity contribution in [1.82, 2.24) is 9.80 Å². The summed E-state index contributed by atoms with van der Waals surface area (Å²) in [5.74, 6) is 1.22. The van der Waals surface area contributed by atoms with Crippen molar-refractivity contribution in [2.24, 2.45) is 17.6 Å². The minimum Gasteiger partial charge on any atom is -0.341 e. The van der Waals surface area contributed by atoms with Gasteiger partial charge in [0.25, 0.3) is 0 Å². The van der Waals surface area contributed by atoms with Crippen LogP contribution in [0, 0.1) is 11.8 Å². The van der Waals surface area contributed by atoms with Gasteiger partial charge in [0.2, 0.25) is 5.91 Å². The maximum Gasteiger partial charge on any atom is 0.239 e. The maximum absolute atomic E-state index is 12.3. The van der Waals surface area contributed by atoms with Crippen molar-refractivity contribution in [3.63, 3.8) is 0 Å². The van der Waals surface area contributed by atoms with Crippen molar-refractivity contribution >= 4 is 5.91 Å². The number of carbonyl (C=O) groups excluding carboxylic acids is 1. The summed E-state index contributed by atoms with van der Waals surface area (Å²) in [7, 11) is 0. The van der Waals surface area contributed by atoms with Crippen molar-refractivity contribution in [2.45, 2.75) is 52.0 Å². The summed E-state index contributed by atoms with van der Waals surface area (Å²) in [6.45, 7) is 9.77. The number of nitrogens with zero attached hydrogens (tertiary/aromatic N) is 2. The van der Waals surface area contributed by atoms with E-state index in [2.05, 4.69) is 18.7 Å². The third kappa shape index (κ3) is 3.95. The zero-order valence-corrected chi connectivity index (χ0v) is 13.2. The molecule has 4 heteroatoms. The Morgan fingerprint density at radius 1 is 1.20 bits per heavy atom. The van der Waals surface area contributed by atoms with Crippen LogP contribution < -0.4 is 5.73 Å². The highest BCUT2D eigenvalue weighted by atomic mass is 16.2. The molecule has 0 aromatic rings. The Kier molecular flexibility index (Phi) is 5.85. The van der Waals surface area contributed by atoms with Gasteiger partial charge in [-0.05, 0) is 50.6 Å². The molecule has 20 heavy (non-hydrogen) atoms. The van der Waals surface area contributed by atoms with E-state index in [1.165, 1.54) is 32.5 Å². The van der Waals surface area contributed by atoms with Gasteiger partial charge in [0.05, 0.1) is 6.04 Å². The molecule has 1 amide bonds. The summed E-state index contributed by atoms with van der Waals surface area (Å²) in [4.78, 5) is 16.9. The molecule has 2 aliphatic heterocycles. The summed E-state index contributed by atoms with van der Waals surface area (Å²) in [6, 6.07) is -0.310. The van der Waals surface area contributed by atoms with E-state index in [-0.39, 0.29) is 17.9 Å². The van der Waals surface area contributed by atoms with Gasteiger partial charge >= 0.3 is 0 Å². The van der Waals surface area contributed by atoms with Crippen LogP contribution in [0.1, 0.15) is 46.0 Å². The van der Waals surface area contributed by atoms with Gasteiger partial charge in [-0.2, -0.15) is 0 Å². The molecule has 0 spiro atoms. The molecular weight excluding hydrogens is 250 g/mol. The Hall–Kier alpha value is -0.610. The van der Waals surface area contributed by atoms with Crippen LogP contribution in [-0.2, 0) is 4.79 Å². The Bertz CT molecular complexity index is 307. The molecule has 116 valence electrons. The number of carbonyl (C=O) groups is 1. The summed E-state index contributed by atoms with van der Waals surface area (Å²) >= 11 is 0. The van der Waals surface area contributed by atoms with Crippen LogP contribution in [0.4, 0.5) is 0 Å². The average molecular weight is 281 g/mol. The number of hydrogen-bond acceptors (Lipinski definition) is 3. The van der Waals surface area contributed by atoms with Gasteiger partial charge in [-0.3, -0.25) is 4.79 Å². The van der Waals surface area contributed by atoms with Gasteiger partial charge in [-0.25, -0.2) is 0 Å². The molecule has 2 aliphatic rings. The fourth-order valence-electron chi connectivity index (χ4n) is 3.37. The number of likely N-dealkylation sites (tertiary alicyclic amines) is 2. The molecule has 0 aromatic carbocycles. The Balaban J connectivity index is 1.74. The number of amides is 1. The fraction of sp³-hybridized carbons (Fsp3) is 0.938. The highest BCUT2D eigenvalue weighted by Gasteiger charge is 2.29. The zero-order chi connectivity index (χ0) is 14.5. The van der Waals surface area contributed by atoms with Crippen molar-refractivity contribution in [2.75, 3.05) is 32.7 Å². The molecule has 2 rings (SSSR count). The average Bonchev–Trinajstić information content (AvgIpc) is 2.98. The van der Waals surface area contributed by atoms with E-state index in [0.717, 1.165) is 38.3 Å². The third-order valence-corrected chi connectivity index (χ3v) is 5.18. The molecule has 2 heterocycles. The van der Waals surface area contributed by atoms with Gasteiger partial charge in [0.1, 0.15) is 0 Å². The second-order valence-electron chi connectivity index (χ2n) is 6.69. The molecule has 2 fully saturated rings. The molecule has 2 atom stereocenters. The van der Waals surface area contributed by atoms with Crippen LogP contribution >= 0.6 is 0 Å². The van der Waals surface area contributed by atoms with Gasteiger partial charge in [0.15, 0.2) is 0 Å². The van der Waals surface area contributed by atoms with Gasteiger partial charge in [-0.15, -0.1) is 0 Å². The first-order valence-electron chi connectivity index (χ1n) is 8.38. The van der Waals surface area contributed by atoms with Gasteiger partial charge < -0.3 is 15.5 Å². The minimum atomic E-state index is -0.310. The van der Waals surface area contributed by atoms with Crippen molar-refractivity contribution < 1.29 is 4.79 Å². The van der Waals surface area contributed by atoms with Crippen LogP contribution in [0.3, 0.4) is 0 Å². The molecule has 0 radical (unpaired) electrons. The molecule has 0 bridgehead atoms. The summed E-state index contributed by atoms with van der Waals surface area (Å²) in [5, 5.41) is 0. The smallest absolute Gasteiger partial charge is 0.239 e. The lowest BCUT2D eigenvalue weighted by Crippen LogP contribution is -2.50. The number of nitrogens with two attached hydrogens (primary N) is 1. The standard InChI is InChI=1S/C16H31N3O/c1-3-13(2)15(17)16(20)19-10-6-14(7-11-19)12-18-8-4-5-9-18/h13-15H,3-12,17H2,1-2H3/t13-,15-/m0/s1. The van der Waals surface area contributed by atoms with Crippen molar-refractivity contribution in [3.05, 3.63) is 0 Å². The van der Waals surface area contributed by atoms with E-state index < -0.39 is 0 Å². The van der Waals surface area contributed by atoms with E-state index >= 15 is 0 Å². The molecule has 0 unspecified atom stereocenters. The number of rotatable bonds is 5. The first-order chi connectivity index (χ1) is 9.61. The molecule has 4 nitrogen and oxygen atoms in total. The second-order valence-corrected chi connectivity index (χ2v) is 6.69. The summed E-state index contributed by atoms with van der Waals surface area (Å²) < 4.78 is 0. The topological polar surface area (TPSA) is 49.6 Å². The van der Waals surface area contributed by atoms with E-state index in [9.17, 15) is 4.79 Å². The molecule has 2 N–H and O–H groups in total. The lowest BCUT2D eigenvalue weighted by atomic mass is 9.94. The van der Waals surface area contributed by atoms with E-state index in [0.29, 0.717) is 0 Å². The molecule has 0 aromatic heterocycles. The Morgan fingerprint density at radius 3 is 2.35 bits per heavy atom. The van der Waals surface area contributed by atoms with E-state index in [1.807, 2.05) is 4.90 Å². The van der Waals surface area contributed by atoms with Crippen LogP contribution in [0.25, 0.3) is 0 Å². The lowest BCUT2D eigenvalue weighted by molar-refractivity contribution is -0.135. The van der Waals surface area contributed by atoms with E-state index in [4.69, 9.17) is 5.73 Å². The van der Waals surface area contributed by atoms with Crippen LogP contribution in [0.15, 0.2) is 0 Å². The lowest BCUT2D eigenvalue weighted by Gasteiger charge is -2.35. The monoisotopic (exact) mass is 281 g/mol.